The first-order valence-electron chi connectivity index (χ1n) is 16.0. The minimum atomic E-state index is 0.341. The van der Waals surface area contributed by atoms with E-state index in [1.807, 2.05) is 0 Å². The van der Waals surface area contributed by atoms with E-state index in [4.69, 9.17) is 4.99 Å². The van der Waals surface area contributed by atoms with Crippen LogP contribution in [0.1, 0.15) is 75.0 Å². The third-order valence-electron chi connectivity index (χ3n) is 10.00. The minimum Gasteiger partial charge on any atom is -0.260 e. The van der Waals surface area contributed by atoms with Gasteiger partial charge in [0, 0.05) is 17.7 Å². The molecule has 0 amide bonds. The van der Waals surface area contributed by atoms with Crippen molar-refractivity contribution in [1.82, 2.24) is 0 Å². The highest BCUT2D eigenvalue weighted by molar-refractivity contribution is 6.05. The van der Waals surface area contributed by atoms with Gasteiger partial charge in [0.25, 0.3) is 0 Å². The first-order chi connectivity index (χ1) is 20.7. The van der Waals surface area contributed by atoms with Crippen molar-refractivity contribution in [3.8, 4) is 0 Å². The lowest BCUT2D eigenvalue weighted by Gasteiger charge is -2.42. The molecular weight excluding hydrogens is 506 g/mol. The summed E-state index contributed by atoms with van der Waals surface area (Å²) in [6, 6.07) is 24.4. The summed E-state index contributed by atoms with van der Waals surface area (Å²) in [7, 11) is 0. The molecule has 3 aliphatic carbocycles. The van der Waals surface area contributed by atoms with Gasteiger partial charge < -0.3 is 0 Å². The number of hydrogen-bond donors (Lipinski definition) is 0. The van der Waals surface area contributed by atoms with E-state index >= 15 is 0 Å². The SMILES string of the molecule is C/C=C\C1=C(C)C(C2C=CCCC2)C2CCC=CC2=C1c1ccc(C2=CCC(c3ccccc3)C=N2)c2ccccc12. The van der Waals surface area contributed by atoms with Gasteiger partial charge in [0.2, 0.25) is 0 Å². The number of aliphatic imine (C=N–C) groups is 1. The van der Waals surface area contributed by atoms with Crippen molar-refractivity contribution in [3.63, 3.8) is 0 Å². The molecule has 1 aliphatic heterocycles. The van der Waals surface area contributed by atoms with Gasteiger partial charge in [-0.1, -0.05) is 115 Å². The maximum absolute atomic E-state index is 5.02. The molecular formula is C41H41N. The van der Waals surface area contributed by atoms with E-state index in [-0.39, 0.29) is 0 Å². The molecule has 0 aromatic heterocycles. The van der Waals surface area contributed by atoms with E-state index in [2.05, 4.69) is 129 Å². The van der Waals surface area contributed by atoms with Crippen LogP contribution in [0.25, 0.3) is 22.0 Å². The molecule has 4 unspecified atom stereocenters. The highest BCUT2D eigenvalue weighted by Crippen LogP contribution is 2.52. The predicted molar refractivity (Wildman–Crippen MR) is 180 cm³/mol. The van der Waals surface area contributed by atoms with Gasteiger partial charge in [0.1, 0.15) is 0 Å². The number of allylic oxidation sites excluding steroid dienone is 11. The van der Waals surface area contributed by atoms with Crippen LogP contribution in [0.2, 0.25) is 0 Å². The zero-order chi connectivity index (χ0) is 28.5. The third kappa shape index (κ3) is 4.79. The molecule has 4 atom stereocenters. The summed E-state index contributed by atoms with van der Waals surface area (Å²) >= 11 is 0. The lowest BCUT2D eigenvalue weighted by Crippen LogP contribution is -2.31. The van der Waals surface area contributed by atoms with Crippen molar-refractivity contribution >= 4 is 28.3 Å². The molecule has 3 aromatic carbocycles. The van der Waals surface area contributed by atoms with Crippen LogP contribution in [0.15, 0.2) is 131 Å². The number of rotatable bonds is 5. The Labute approximate surface area is 251 Å². The highest BCUT2D eigenvalue weighted by atomic mass is 14.7. The number of benzene rings is 3. The van der Waals surface area contributed by atoms with E-state index in [1.54, 1.807) is 11.1 Å². The average Bonchev–Trinajstić information content (AvgIpc) is 3.06. The zero-order valence-electron chi connectivity index (χ0n) is 25.0. The Hall–Kier alpha value is -3.97. The Morgan fingerprint density at radius 2 is 1.62 bits per heavy atom. The normalized spacial score (nSPS) is 25.8. The smallest absolute Gasteiger partial charge is 0.0665 e. The van der Waals surface area contributed by atoms with E-state index in [0.717, 1.165) is 12.1 Å². The van der Waals surface area contributed by atoms with Crippen molar-refractivity contribution in [2.24, 2.45) is 22.7 Å². The van der Waals surface area contributed by atoms with Gasteiger partial charge in [-0.25, -0.2) is 0 Å². The standard InChI is InChI=1S/C41H41N/c1-3-14-32-28(2)40(30-17-8-5-9-18-30)36-21-12-13-22-37(36)41(32)38-25-24-35(33-19-10-11-20-34(33)38)39-26-23-31(27-42-39)29-15-6-4-7-16-29/h3-4,6-8,10-11,13-17,19-20,22,24-27,30-31,36,40H,5,9,12,18,21,23H2,1-2H3/b14-3-. The van der Waals surface area contributed by atoms with Gasteiger partial charge >= 0.3 is 0 Å². The Bertz CT molecular complexity index is 1700. The monoisotopic (exact) mass is 547 g/mol. The summed E-state index contributed by atoms with van der Waals surface area (Å²) in [5, 5.41) is 2.61. The molecule has 1 heteroatoms. The molecule has 3 aromatic rings. The van der Waals surface area contributed by atoms with Crippen LogP contribution in [0, 0.1) is 17.8 Å². The fraction of sp³-hybridized carbons (Fsp3) is 0.293. The summed E-state index contributed by atoms with van der Waals surface area (Å²) in [6.07, 6.45) is 26.2. The number of hydrogen-bond acceptors (Lipinski definition) is 1. The molecule has 42 heavy (non-hydrogen) atoms. The molecule has 0 bridgehead atoms. The Morgan fingerprint density at radius 3 is 2.36 bits per heavy atom. The van der Waals surface area contributed by atoms with Gasteiger partial charge in [-0.15, -0.1) is 0 Å². The van der Waals surface area contributed by atoms with Gasteiger partial charge in [-0.3, -0.25) is 4.99 Å². The summed E-state index contributed by atoms with van der Waals surface area (Å²) in [5.41, 5.74) is 11.0. The fourth-order valence-corrected chi connectivity index (χ4v) is 8.05. The van der Waals surface area contributed by atoms with Gasteiger partial charge in [0.15, 0.2) is 0 Å². The lowest BCUT2D eigenvalue weighted by atomic mass is 9.62. The zero-order valence-corrected chi connectivity index (χ0v) is 25.0. The quantitative estimate of drug-likeness (QED) is 0.282. The van der Waals surface area contributed by atoms with Crippen LogP contribution in [-0.4, -0.2) is 6.21 Å². The average molecular weight is 548 g/mol. The molecule has 7 rings (SSSR count). The van der Waals surface area contributed by atoms with E-state index in [0.29, 0.717) is 23.7 Å². The van der Waals surface area contributed by atoms with Crippen LogP contribution < -0.4 is 0 Å². The second kappa shape index (κ2) is 11.7. The topological polar surface area (TPSA) is 12.4 Å². The molecule has 0 fully saturated rings. The van der Waals surface area contributed by atoms with Crippen LogP contribution in [0.3, 0.4) is 0 Å². The first-order valence-corrected chi connectivity index (χ1v) is 16.0. The van der Waals surface area contributed by atoms with Crippen LogP contribution in [-0.2, 0) is 0 Å². The van der Waals surface area contributed by atoms with Crippen molar-refractivity contribution in [2.45, 2.75) is 58.3 Å². The van der Waals surface area contributed by atoms with Gasteiger partial charge in [0.05, 0.1) is 5.70 Å². The molecule has 0 N–H and O–H groups in total. The number of fused-ring (bicyclic) bond motifs is 2. The second-order valence-electron chi connectivity index (χ2n) is 12.4. The van der Waals surface area contributed by atoms with Gasteiger partial charge in [-0.2, -0.15) is 0 Å². The number of nitrogens with zero attached hydrogens (tertiary/aromatic N) is 1. The largest absolute Gasteiger partial charge is 0.260 e. The Kier molecular flexibility index (Phi) is 7.51. The molecule has 0 saturated heterocycles. The van der Waals surface area contributed by atoms with Crippen molar-refractivity contribution in [3.05, 3.63) is 143 Å². The van der Waals surface area contributed by atoms with Crippen molar-refractivity contribution in [2.75, 3.05) is 0 Å². The summed E-state index contributed by atoms with van der Waals surface area (Å²) < 4.78 is 0. The molecule has 0 spiro atoms. The van der Waals surface area contributed by atoms with Crippen LogP contribution >= 0.6 is 0 Å². The fourth-order valence-electron chi connectivity index (χ4n) is 8.05. The first kappa shape index (κ1) is 26.9. The second-order valence-corrected chi connectivity index (χ2v) is 12.4. The third-order valence-corrected chi connectivity index (χ3v) is 10.00. The lowest BCUT2D eigenvalue weighted by molar-refractivity contribution is 0.299. The molecule has 210 valence electrons. The summed E-state index contributed by atoms with van der Waals surface area (Å²) in [4.78, 5) is 5.02. The van der Waals surface area contributed by atoms with E-state index in [9.17, 15) is 0 Å². The summed E-state index contributed by atoms with van der Waals surface area (Å²) in [5.74, 6) is 2.14. The Balaban J connectivity index is 1.34. The summed E-state index contributed by atoms with van der Waals surface area (Å²) in [6.45, 7) is 4.59. The van der Waals surface area contributed by atoms with E-state index in [1.165, 1.54) is 70.7 Å². The van der Waals surface area contributed by atoms with E-state index < -0.39 is 0 Å². The maximum atomic E-state index is 5.02. The molecule has 4 aliphatic rings. The predicted octanol–water partition coefficient (Wildman–Crippen LogP) is 11.0. The molecule has 1 heterocycles. The Morgan fingerprint density at radius 1 is 0.833 bits per heavy atom. The van der Waals surface area contributed by atoms with Crippen LogP contribution in [0.4, 0.5) is 0 Å². The van der Waals surface area contributed by atoms with Crippen molar-refractivity contribution < 1.29 is 0 Å². The van der Waals surface area contributed by atoms with Crippen molar-refractivity contribution in [1.29, 1.82) is 0 Å². The van der Waals surface area contributed by atoms with Crippen LogP contribution in [0.5, 0.6) is 0 Å². The van der Waals surface area contributed by atoms with Gasteiger partial charge in [-0.05, 0) is 109 Å². The minimum absolute atomic E-state index is 0.341. The molecule has 1 nitrogen and oxygen atoms in total. The highest BCUT2D eigenvalue weighted by Gasteiger charge is 2.39. The maximum Gasteiger partial charge on any atom is 0.0665 e. The molecule has 0 radical (unpaired) electrons. The molecule has 0 saturated carbocycles.